The molecule has 0 saturated heterocycles. The van der Waals surface area contributed by atoms with Gasteiger partial charge in [0.2, 0.25) is 0 Å². The first-order chi connectivity index (χ1) is 9.63. The van der Waals surface area contributed by atoms with Gasteiger partial charge in [-0.1, -0.05) is 59.6 Å². The van der Waals surface area contributed by atoms with Crippen LogP contribution in [-0.4, -0.2) is 11.6 Å². The summed E-state index contributed by atoms with van der Waals surface area (Å²) in [6, 6.07) is 13.8. The first kappa shape index (κ1) is 13.7. The molecule has 2 N–H and O–H groups in total. The van der Waals surface area contributed by atoms with Gasteiger partial charge in [-0.25, -0.2) is 0 Å². The van der Waals surface area contributed by atoms with E-state index in [-0.39, 0.29) is 6.54 Å². The Morgan fingerprint density at radius 1 is 1.10 bits per heavy atom. The maximum atomic E-state index is 6.41. The minimum absolute atomic E-state index is 0.283. The number of benzene rings is 2. The highest BCUT2D eigenvalue weighted by Crippen LogP contribution is 2.43. The predicted molar refractivity (Wildman–Crippen MR) is 83.5 cm³/mol. The van der Waals surface area contributed by atoms with Crippen LogP contribution in [-0.2, 0) is 6.42 Å². The van der Waals surface area contributed by atoms with Crippen molar-refractivity contribution in [1.82, 2.24) is 0 Å². The van der Waals surface area contributed by atoms with E-state index >= 15 is 0 Å². The lowest BCUT2D eigenvalue weighted by molar-refractivity contribution is 0.139. The monoisotopic (exact) mass is 307 g/mol. The van der Waals surface area contributed by atoms with Gasteiger partial charge in [-0.3, -0.25) is 0 Å². The topological polar surface area (TPSA) is 35.2 Å². The Morgan fingerprint density at radius 2 is 1.85 bits per heavy atom. The highest BCUT2D eigenvalue weighted by Gasteiger charge is 2.34. The van der Waals surface area contributed by atoms with Crippen LogP contribution in [0.5, 0.6) is 5.75 Å². The molecule has 1 aliphatic rings. The van der Waals surface area contributed by atoms with Gasteiger partial charge in [0.1, 0.15) is 5.75 Å². The first-order valence-corrected chi connectivity index (χ1v) is 7.33. The molecule has 0 aliphatic carbocycles. The summed E-state index contributed by atoms with van der Waals surface area (Å²) in [6.07, 6.45) is 1.57. The zero-order chi connectivity index (χ0) is 14.2. The molecule has 0 radical (unpaired) electrons. The van der Waals surface area contributed by atoms with E-state index in [1.807, 2.05) is 36.4 Å². The van der Waals surface area contributed by atoms with Crippen molar-refractivity contribution in [2.45, 2.75) is 17.9 Å². The SMILES string of the molecule is NC[C@]1(Cl)CCc2cccc(-c3ccccc3Cl)c2O1. The van der Waals surface area contributed by atoms with Crippen molar-refractivity contribution in [3.63, 3.8) is 0 Å². The summed E-state index contributed by atoms with van der Waals surface area (Å²) in [5, 5.41) is -0.118. The lowest BCUT2D eigenvalue weighted by atomic mass is 9.95. The Balaban J connectivity index is 2.13. The number of nitrogens with two attached hydrogens (primary N) is 1. The average Bonchev–Trinajstić information content (AvgIpc) is 2.47. The maximum absolute atomic E-state index is 6.41. The van der Waals surface area contributed by atoms with Crippen LogP contribution >= 0.6 is 23.2 Å². The second kappa shape index (κ2) is 5.28. The van der Waals surface area contributed by atoms with Crippen LogP contribution in [0, 0.1) is 0 Å². The Labute approximate surface area is 128 Å². The van der Waals surface area contributed by atoms with Crippen molar-refractivity contribution in [2.75, 3.05) is 6.54 Å². The van der Waals surface area contributed by atoms with Gasteiger partial charge in [-0.15, -0.1) is 0 Å². The summed E-state index contributed by atoms with van der Waals surface area (Å²) >= 11 is 12.7. The zero-order valence-corrected chi connectivity index (χ0v) is 12.4. The summed E-state index contributed by atoms with van der Waals surface area (Å²) in [5.74, 6) is 0.798. The number of halogens is 2. The molecule has 20 heavy (non-hydrogen) atoms. The Hall–Kier alpha value is -1.22. The number of hydrogen-bond donors (Lipinski definition) is 1. The summed E-state index contributed by atoms with van der Waals surface area (Å²) in [5.41, 5.74) is 8.79. The molecule has 3 rings (SSSR count). The number of fused-ring (bicyclic) bond motifs is 1. The maximum Gasteiger partial charge on any atom is 0.194 e. The summed E-state index contributed by atoms with van der Waals surface area (Å²) in [4.78, 5) is 0. The van der Waals surface area contributed by atoms with E-state index in [0.29, 0.717) is 11.4 Å². The predicted octanol–water partition coefficient (Wildman–Crippen LogP) is 4.23. The van der Waals surface area contributed by atoms with E-state index < -0.39 is 5.06 Å². The fraction of sp³-hybridized carbons (Fsp3) is 0.250. The average molecular weight is 308 g/mol. The second-order valence-electron chi connectivity index (χ2n) is 4.96. The first-order valence-electron chi connectivity index (χ1n) is 6.58. The van der Waals surface area contributed by atoms with Crippen molar-refractivity contribution in [3.8, 4) is 16.9 Å². The van der Waals surface area contributed by atoms with Gasteiger partial charge in [0.15, 0.2) is 5.06 Å². The number of alkyl halides is 1. The molecule has 2 aromatic carbocycles. The molecule has 2 aromatic rings. The zero-order valence-electron chi connectivity index (χ0n) is 10.9. The molecule has 0 unspecified atom stereocenters. The quantitative estimate of drug-likeness (QED) is 0.843. The van der Waals surface area contributed by atoms with Crippen molar-refractivity contribution in [2.24, 2.45) is 5.73 Å². The summed E-state index contributed by atoms with van der Waals surface area (Å²) < 4.78 is 5.99. The van der Waals surface area contributed by atoms with Crippen molar-refractivity contribution >= 4 is 23.2 Å². The van der Waals surface area contributed by atoms with Crippen LogP contribution in [0.1, 0.15) is 12.0 Å². The van der Waals surface area contributed by atoms with Gasteiger partial charge in [-0.05, 0) is 18.1 Å². The van der Waals surface area contributed by atoms with Gasteiger partial charge < -0.3 is 10.5 Å². The molecule has 0 amide bonds. The van der Waals surface area contributed by atoms with Gasteiger partial charge in [0.25, 0.3) is 0 Å². The Bertz CT molecular complexity index is 644. The number of rotatable bonds is 2. The van der Waals surface area contributed by atoms with Gasteiger partial charge >= 0.3 is 0 Å². The smallest absolute Gasteiger partial charge is 0.194 e. The molecule has 1 atom stereocenters. The van der Waals surface area contributed by atoms with Crippen molar-refractivity contribution < 1.29 is 4.74 Å². The van der Waals surface area contributed by atoms with Crippen LogP contribution in [0.3, 0.4) is 0 Å². The highest BCUT2D eigenvalue weighted by atomic mass is 35.5. The molecule has 4 heteroatoms. The third kappa shape index (κ3) is 2.39. The molecule has 104 valence electrons. The molecule has 1 heterocycles. The van der Waals surface area contributed by atoms with E-state index in [1.165, 1.54) is 0 Å². The number of para-hydroxylation sites is 1. The van der Waals surface area contributed by atoms with Gasteiger partial charge in [0, 0.05) is 29.1 Å². The minimum atomic E-state index is -0.815. The third-order valence-corrected chi connectivity index (χ3v) is 4.37. The molecule has 1 aliphatic heterocycles. The summed E-state index contributed by atoms with van der Waals surface area (Å²) in [6.45, 7) is 0.283. The van der Waals surface area contributed by atoms with Crippen molar-refractivity contribution in [1.29, 1.82) is 0 Å². The van der Waals surface area contributed by atoms with Crippen LogP contribution in [0.25, 0.3) is 11.1 Å². The number of ether oxygens (including phenoxy) is 1. The van der Waals surface area contributed by atoms with E-state index in [0.717, 1.165) is 28.9 Å². The molecule has 0 fully saturated rings. The number of aryl methyl sites for hydroxylation is 1. The fourth-order valence-corrected chi connectivity index (χ4v) is 2.90. The molecule has 0 saturated carbocycles. The van der Waals surface area contributed by atoms with E-state index in [2.05, 4.69) is 6.07 Å². The fourth-order valence-electron chi connectivity index (χ4n) is 2.49. The molecule has 2 nitrogen and oxygen atoms in total. The summed E-state index contributed by atoms with van der Waals surface area (Å²) in [7, 11) is 0. The molecular formula is C16H15Cl2NO. The van der Waals surface area contributed by atoms with Crippen LogP contribution in [0.4, 0.5) is 0 Å². The molecule has 0 bridgehead atoms. The van der Waals surface area contributed by atoms with E-state index in [9.17, 15) is 0 Å². The van der Waals surface area contributed by atoms with Gasteiger partial charge in [-0.2, -0.15) is 0 Å². The van der Waals surface area contributed by atoms with E-state index in [4.69, 9.17) is 33.7 Å². The molecular weight excluding hydrogens is 293 g/mol. The molecule has 0 aromatic heterocycles. The Kier molecular flexibility index (Phi) is 3.63. The largest absolute Gasteiger partial charge is 0.470 e. The third-order valence-electron chi connectivity index (χ3n) is 3.62. The number of hydrogen-bond acceptors (Lipinski definition) is 2. The highest BCUT2D eigenvalue weighted by molar-refractivity contribution is 6.33. The van der Waals surface area contributed by atoms with Gasteiger partial charge in [0.05, 0.1) is 0 Å². The van der Waals surface area contributed by atoms with Crippen LogP contribution in [0.2, 0.25) is 5.02 Å². The lowest BCUT2D eigenvalue weighted by Gasteiger charge is -2.33. The Morgan fingerprint density at radius 3 is 2.60 bits per heavy atom. The van der Waals surface area contributed by atoms with Crippen molar-refractivity contribution in [3.05, 3.63) is 53.1 Å². The lowest BCUT2D eigenvalue weighted by Crippen LogP contribution is -2.41. The standard InChI is InChI=1S/C16H15Cl2NO/c17-14-7-2-1-5-12(14)13-6-3-4-11-8-9-16(18,10-19)20-15(11)13/h1-7H,8-10,19H2/t16-/m0/s1. The van der Waals surface area contributed by atoms with E-state index in [1.54, 1.807) is 0 Å². The van der Waals surface area contributed by atoms with Crippen LogP contribution in [0.15, 0.2) is 42.5 Å². The van der Waals surface area contributed by atoms with Crippen LogP contribution < -0.4 is 10.5 Å². The molecule has 0 spiro atoms. The normalized spacial score (nSPS) is 21.1. The second-order valence-corrected chi connectivity index (χ2v) is 6.06. The minimum Gasteiger partial charge on any atom is -0.470 e.